The Balaban J connectivity index is 1.93. The summed E-state index contributed by atoms with van der Waals surface area (Å²) in [5.41, 5.74) is -1.60. The highest BCUT2D eigenvalue weighted by atomic mass is 19.1. The second-order valence-electron chi connectivity index (χ2n) is 6.57. The predicted octanol–water partition coefficient (Wildman–Crippen LogP) is 3.30. The monoisotopic (exact) mass is 293 g/mol. The molecule has 0 aliphatic heterocycles. The van der Waals surface area contributed by atoms with Crippen LogP contribution in [0.5, 0.6) is 0 Å². The summed E-state index contributed by atoms with van der Waals surface area (Å²) < 4.78 is 26.6. The van der Waals surface area contributed by atoms with Crippen molar-refractivity contribution in [1.29, 1.82) is 0 Å². The molecule has 112 valence electrons. The Kier molecular flexibility index (Phi) is 2.94. The van der Waals surface area contributed by atoms with Gasteiger partial charge in [-0.1, -0.05) is 13.8 Å². The summed E-state index contributed by atoms with van der Waals surface area (Å²) in [5, 5.41) is 2.48. The molecule has 1 N–H and O–H groups in total. The molecule has 3 rings (SSSR count). The van der Waals surface area contributed by atoms with Crippen LogP contribution in [0.25, 0.3) is 0 Å². The molecule has 5 heteroatoms. The molecule has 2 fully saturated rings. The van der Waals surface area contributed by atoms with Crippen molar-refractivity contribution in [3.63, 3.8) is 0 Å². The summed E-state index contributed by atoms with van der Waals surface area (Å²) in [6, 6.07) is 2.97. The van der Waals surface area contributed by atoms with Crippen molar-refractivity contribution in [1.82, 2.24) is 0 Å². The molecule has 0 radical (unpaired) electrons. The summed E-state index contributed by atoms with van der Waals surface area (Å²) in [6.45, 7) is 3.85. The number of anilines is 1. The number of hydrogen-bond acceptors (Lipinski definition) is 2. The predicted molar refractivity (Wildman–Crippen MR) is 73.5 cm³/mol. The van der Waals surface area contributed by atoms with Crippen LogP contribution in [-0.2, 0) is 9.59 Å². The number of ketones is 1. The summed E-state index contributed by atoms with van der Waals surface area (Å²) >= 11 is 0. The lowest BCUT2D eigenvalue weighted by molar-refractivity contribution is -0.141. The van der Waals surface area contributed by atoms with Gasteiger partial charge in [0.1, 0.15) is 22.8 Å². The highest BCUT2D eigenvalue weighted by Crippen LogP contribution is 2.64. The fourth-order valence-corrected chi connectivity index (χ4v) is 4.03. The van der Waals surface area contributed by atoms with E-state index in [-0.39, 0.29) is 17.4 Å². The van der Waals surface area contributed by atoms with Crippen LogP contribution in [0.15, 0.2) is 18.2 Å². The normalized spacial score (nSPS) is 29.7. The number of benzene rings is 1. The molecule has 2 bridgehead atoms. The number of amides is 1. The molecule has 2 aliphatic carbocycles. The minimum absolute atomic E-state index is 0.0660. The third kappa shape index (κ3) is 1.76. The molecule has 1 aromatic rings. The van der Waals surface area contributed by atoms with Crippen molar-refractivity contribution >= 4 is 17.4 Å². The van der Waals surface area contributed by atoms with Crippen molar-refractivity contribution in [2.24, 2.45) is 16.7 Å². The summed E-state index contributed by atoms with van der Waals surface area (Å²) in [7, 11) is 0. The Morgan fingerprint density at radius 2 is 2.05 bits per heavy atom. The fraction of sp³-hybridized carbons (Fsp3) is 0.500. The van der Waals surface area contributed by atoms with Gasteiger partial charge in [-0.15, -0.1) is 0 Å². The SMILES string of the molecule is CC1(C)C2CCC1(C(=O)Nc1ccc(F)cc1F)C(=O)C2. The molecule has 3 nitrogen and oxygen atoms in total. The van der Waals surface area contributed by atoms with E-state index < -0.39 is 28.4 Å². The van der Waals surface area contributed by atoms with Gasteiger partial charge in [0.2, 0.25) is 5.91 Å². The van der Waals surface area contributed by atoms with Crippen LogP contribution in [0, 0.1) is 28.4 Å². The van der Waals surface area contributed by atoms with Crippen LogP contribution >= 0.6 is 0 Å². The van der Waals surface area contributed by atoms with E-state index in [2.05, 4.69) is 5.32 Å². The number of fused-ring (bicyclic) bond motifs is 2. The molecule has 0 heterocycles. The standard InChI is InChI=1S/C16H17F2NO2/c1-15(2)9-5-6-16(15,13(20)7-9)14(21)19-12-4-3-10(17)8-11(12)18/h3-4,8-9H,5-7H2,1-2H3,(H,19,21). The number of hydrogen-bond donors (Lipinski definition) is 1. The van der Waals surface area contributed by atoms with E-state index >= 15 is 0 Å². The molecular weight excluding hydrogens is 276 g/mol. The lowest BCUT2D eigenvalue weighted by atomic mass is 9.68. The number of Topliss-reactive ketones (excluding diaryl/α,β-unsaturated/α-hetero) is 1. The van der Waals surface area contributed by atoms with Gasteiger partial charge >= 0.3 is 0 Å². The summed E-state index contributed by atoms with van der Waals surface area (Å²) in [5.74, 6) is -1.87. The van der Waals surface area contributed by atoms with Gasteiger partial charge in [-0.25, -0.2) is 8.78 Å². The zero-order valence-corrected chi connectivity index (χ0v) is 12.0. The molecule has 0 spiro atoms. The summed E-state index contributed by atoms with van der Waals surface area (Å²) in [4.78, 5) is 25.0. The van der Waals surface area contributed by atoms with Gasteiger partial charge in [-0.3, -0.25) is 9.59 Å². The van der Waals surface area contributed by atoms with Crippen LogP contribution in [0.1, 0.15) is 33.1 Å². The van der Waals surface area contributed by atoms with Crippen molar-refractivity contribution in [3.8, 4) is 0 Å². The van der Waals surface area contributed by atoms with Crippen LogP contribution in [0.3, 0.4) is 0 Å². The van der Waals surface area contributed by atoms with Gasteiger partial charge in [0, 0.05) is 12.5 Å². The third-order valence-electron chi connectivity index (χ3n) is 5.46. The number of nitrogens with one attached hydrogen (secondary N) is 1. The minimum atomic E-state index is -1.08. The molecule has 1 aromatic carbocycles. The maximum atomic E-state index is 13.7. The van der Waals surface area contributed by atoms with Crippen molar-refractivity contribution in [2.75, 3.05) is 5.32 Å². The Morgan fingerprint density at radius 3 is 2.57 bits per heavy atom. The Hall–Kier alpha value is -1.78. The van der Waals surface area contributed by atoms with E-state index in [1.165, 1.54) is 6.07 Å². The topological polar surface area (TPSA) is 46.2 Å². The summed E-state index contributed by atoms with van der Waals surface area (Å²) in [6.07, 6.45) is 1.74. The van der Waals surface area contributed by atoms with Crippen molar-refractivity contribution in [2.45, 2.75) is 33.1 Å². The largest absolute Gasteiger partial charge is 0.323 e. The quantitative estimate of drug-likeness (QED) is 0.850. The molecule has 21 heavy (non-hydrogen) atoms. The van der Waals surface area contributed by atoms with Gasteiger partial charge < -0.3 is 5.32 Å². The second kappa shape index (κ2) is 4.36. The maximum Gasteiger partial charge on any atom is 0.238 e. The number of rotatable bonds is 2. The third-order valence-corrected chi connectivity index (χ3v) is 5.46. The molecule has 0 saturated heterocycles. The number of carbonyl (C=O) groups excluding carboxylic acids is 2. The average Bonchev–Trinajstić information content (AvgIpc) is 2.76. The average molecular weight is 293 g/mol. The Labute approximate surface area is 121 Å². The van der Waals surface area contributed by atoms with Gasteiger partial charge in [-0.05, 0) is 36.3 Å². The van der Waals surface area contributed by atoms with E-state index in [0.29, 0.717) is 18.9 Å². The smallest absolute Gasteiger partial charge is 0.238 e. The Bertz CT molecular complexity index is 641. The van der Waals surface area contributed by atoms with Crippen LogP contribution in [0.4, 0.5) is 14.5 Å². The first-order valence-electron chi connectivity index (χ1n) is 7.09. The zero-order valence-electron chi connectivity index (χ0n) is 12.0. The maximum absolute atomic E-state index is 13.7. The number of halogens is 2. The molecule has 1 amide bonds. The first kappa shape index (κ1) is 14.2. The number of carbonyl (C=O) groups is 2. The minimum Gasteiger partial charge on any atom is -0.323 e. The highest BCUT2D eigenvalue weighted by Gasteiger charge is 2.68. The van der Waals surface area contributed by atoms with Gasteiger partial charge in [0.05, 0.1) is 5.69 Å². The van der Waals surface area contributed by atoms with E-state index in [0.717, 1.165) is 12.5 Å². The van der Waals surface area contributed by atoms with E-state index in [1.807, 2.05) is 13.8 Å². The van der Waals surface area contributed by atoms with Crippen molar-refractivity contribution in [3.05, 3.63) is 29.8 Å². The van der Waals surface area contributed by atoms with Crippen molar-refractivity contribution < 1.29 is 18.4 Å². The molecule has 2 atom stereocenters. The van der Waals surface area contributed by atoms with Crippen LogP contribution in [-0.4, -0.2) is 11.7 Å². The lowest BCUT2D eigenvalue weighted by Crippen LogP contribution is -2.46. The molecular formula is C16H17F2NO2. The van der Waals surface area contributed by atoms with E-state index in [4.69, 9.17) is 0 Å². The Morgan fingerprint density at radius 1 is 1.33 bits per heavy atom. The fourth-order valence-electron chi connectivity index (χ4n) is 4.03. The second-order valence-corrected chi connectivity index (χ2v) is 6.57. The zero-order chi connectivity index (χ0) is 15.4. The van der Waals surface area contributed by atoms with Gasteiger partial charge in [0.15, 0.2) is 0 Å². The molecule has 2 aliphatic rings. The van der Waals surface area contributed by atoms with E-state index in [1.54, 1.807) is 0 Å². The van der Waals surface area contributed by atoms with Gasteiger partial charge in [-0.2, -0.15) is 0 Å². The lowest BCUT2D eigenvalue weighted by Gasteiger charge is -2.34. The molecule has 2 saturated carbocycles. The molecule has 2 unspecified atom stereocenters. The van der Waals surface area contributed by atoms with E-state index in [9.17, 15) is 18.4 Å². The van der Waals surface area contributed by atoms with Crippen LogP contribution < -0.4 is 5.32 Å². The van der Waals surface area contributed by atoms with Crippen LogP contribution in [0.2, 0.25) is 0 Å². The highest BCUT2D eigenvalue weighted by molar-refractivity contribution is 6.14. The first-order chi connectivity index (χ1) is 9.79. The van der Waals surface area contributed by atoms with Gasteiger partial charge in [0.25, 0.3) is 0 Å². The molecule has 0 aromatic heterocycles. The first-order valence-corrected chi connectivity index (χ1v) is 7.09.